The quantitative estimate of drug-likeness (QED) is 0.694. The van der Waals surface area contributed by atoms with E-state index in [0.29, 0.717) is 18.4 Å². The van der Waals surface area contributed by atoms with E-state index in [0.717, 1.165) is 55.0 Å². The third-order valence-corrected chi connectivity index (χ3v) is 6.08. The number of carbonyl (C=O) groups excluding carboxylic acids is 1. The van der Waals surface area contributed by atoms with Gasteiger partial charge < -0.3 is 14.8 Å². The van der Waals surface area contributed by atoms with E-state index in [1.807, 2.05) is 23.2 Å². The van der Waals surface area contributed by atoms with E-state index >= 15 is 0 Å². The van der Waals surface area contributed by atoms with E-state index in [4.69, 9.17) is 4.98 Å². The molecule has 156 valence electrons. The fourth-order valence-corrected chi connectivity index (χ4v) is 4.36. The Morgan fingerprint density at radius 3 is 2.80 bits per heavy atom. The topological polar surface area (TPSA) is 63.1 Å². The van der Waals surface area contributed by atoms with Gasteiger partial charge >= 0.3 is 6.03 Å². The van der Waals surface area contributed by atoms with Crippen molar-refractivity contribution in [2.24, 2.45) is 5.92 Å². The van der Waals surface area contributed by atoms with Crippen molar-refractivity contribution in [2.75, 3.05) is 13.1 Å². The SMILES string of the molecule is O=C(NCc1ccc(F)cc1)N1CCCC(Cn2c(C3CC3)nc3cccnc32)C1. The molecule has 1 unspecified atom stereocenters. The summed E-state index contributed by atoms with van der Waals surface area (Å²) in [7, 11) is 0. The molecule has 0 bridgehead atoms. The molecule has 0 spiro atoms. The molecule has 1 aliphatic carbocycles. The van der Waals surface area contributed by atoms with E-state index in [2.05, 4.69) is 14.9 Å². The van der Waals surface area contributed by atoms with Gasteiger partial charge in [-0.25, -0.2) is 19.2 Å². The molecule has 1 saturated heterocycles. The molecule has 1 aliphatic heterocycles. The van der Waals surface area contributed by atoms with Crippen LogP contribution in [-0.4, -0.2) is 38.6 Å². The summed E-state index contributed by atoms with van der Waals surface area (Å²) in [6.07, 6.45) is 6.32. The zero-order chi connectivity index (χ0) is 20.5. The molecule has 3 aromatic rings. The number of urea groups is 1. The standard InChI is InChI=1S/C23H26FN5O/c24-19-9-5-16(6-10-19)13-26-23(30)28-12-2-3-17(14-28)15-29-21(18-7-8-18)27-20-4-1-11-25-22(20)29/h1,4-6,9-11,17-18H,2-3,7-8,12-15H2,(H,26,30). The van der Waals surface area contributed by atoms with E-state index in [1.165, 1.54) is 25.0 Å². The number of aromatic nitrogens is 3. The Morgan fingerprint density at radius 2 is 2.00 bits per heavy atom. The minimum absolute atomic E-state index is 0.0555. The molecule has 1 aromatic carbocycles. The van der Waals surface area contributed by atoms with E-state index in [-0.39, 0.29) is 11.8 Å². The Bertz CT molecular complexity index is 1040. The normalized spacial score (nSPS) is 19.2. The Labute approximate surface area is 175 Å². The molecule has 2 aromatic heterocycles. The number of hydrogen-bond donors (Lipinski definition) is 1. The first-order valence-electron chi connectivity index (χ1n) is 10.8. The largest absolute Gasteiger partial charge is 0.334 e. The van der Waals surface area contributed by atoms with Crippen molar-refractivity contribution in [1.82, 2.24) is 24.8 Å². The summed E-state index contributed by atoms with van der Waals surface area (Å²) < 4.78 is 15.3. The number of imidazole rings is 1. The number of hydrogen-bond acceptors (Lipinski definition) is 3. The molecule has 2 aliphatic rings. The fraction of sp³-hybridized carbons (Fsp3) is 0.435. The van der Waals surface area contributed by atoms with Gasteiger partial charge in [-0.05, 0) is 61.4 Å². The lowest BCUT2D eigenvalue weighted by Crippen LogP contribution is -2.46. The summed E-state index contributed by atoms with van der Waals surface area (Å²) >= 11 is 0. The maximum atomic E-state index is 13.0. The van der Waals surface area contributed by atoms with Crippen molar-refractivity contribution in [3.05, 3.63) is 59.8 Å². The first kappa shape index (κ1) is 19.0. The lowest BCUT2D eigenvalue weighted by atomic mass is 9.98. The Hall–Kier alpha value is -2.96. The Kier molecular flexibility index (Phi) is 5.11. The number of fused-ring (bicyclic) bond motifs is 1. The van der Waals surface area contributed by atoms with Crippen LogP contribution in [0.5, 0.6) is 0 Å². The predicted octanol–water partition coefficient (Wildman–Crippen LogP) is 4.07. The Balaban J connectivity index is 1.25. The van der Waals surface area contributed by atoms with Gasteiger partial charge in [0.2, 0.25) is 0 Å². The van der Waals surface area contributed by atoms with Gasteiger partial charge in [0.1, 0.15) is 17.2 Å². The summed E-state index contributed by atoms with van der Waals surface area (Å²) in [4.78, 5) is 24.0. The third-order valence-electron chi connectivity index (χ3n) is 6.08. The van der Waals surface area contributed by atoms with Crippen molar-refractivity contribution < 1.29 is 9.18 Å². The second-order valence-electron chi connectivity index (χ2n) is 8.44. The highest BCUT2D eigenvalue weighted by molar-refractivity contribution is 5.74. The number of rotatable bonds is 5. The fourth-order valence-electron chi connectivity index (χ4n) is 4.36. The molecule has 1 saturated carbocycles. The minimum Gasteiger partial charge on any atom is -0.334 e. The van der Waals surface area contributed by atoms with Crippen molar-refractivity contribution in [1.29, 1.82) is 0 Å². The number of piperidine rings is 1. The van der Waals surface area contributed by atoms with Crippen LogP contribution < -0.4 is 5.32 Å². The van der Waals surface area contributed by atoms with Gasteiger partial charge in [-0.15, -0.1) is 0 Å². The summed E-state index contributed by atoms with van der Waals surface area (Å²) in [5, 5.41) is 2.97. The van der Waals surface area contributed by atoms with Gasteiger partial charge in [0, 0.05) is 38.3 Å². The maximum absolute atomic E-state index is 13.0. The molecule has 0 radical (unpaired) electrons. The number of benzene rings is 1. The van der Waals surface area contributed by atoms with Gasteiger partial charge in [-0.2, -0.15) is 0 Å². The first-order chi connectivity index (χ1) is 14.7. The van der Waals surface area contributed by atoms with Crippen LogP contribution in [-0.2, 0) is 13.1 Å². The summed E-state index contributed by atoms with van der Waals surface area (Å²) in [6.45, 7) is 2.75. The zero-order valence-electron chi connectivity index (χ0n) is 16.9. The van der Waals surface area contributed by atoms with Crippen LogP contribution in [0.2, 0.25) is 0 Å². The molecule has 1 atom stereocenters. The Morgan fingerprint density at radius 1 is 1.17 bits per heavy atom. The highest BCUT2D eigenvalue weighted by Crippen LogP contribution is 2.40. The predicted molar refractivity (Wildman–Crippen MR) is 112 cm³/mol. The molecule has 2 amide bonds. The highest BCUT2D eigenvalue weighted by atomic mass is 19.1. The molecule has 3 heterocycles. The van der Waals surface area contributed by atoms with Gasteiger partial charge in [-0.3, -0.25) is 0 Å². The number of nitrogens with one attached hydrogen (secondary N) is 1. The molecule has 30 heavy (non-hydrogen) atoms. The number of carbonyl (C=O) groups is 1. The van der Waals surface area contributed by atoms with Crippen LogP contribution >= 0.6 is 0 Å². The van der Waals surface area contributed by atoms with Crippen LogP contribution in [0.1, 0.15) is 43.0 Å². The molecular formula is C23H26FN5O. The van der Waals surface area contributed by atoms with Crippen molar-refractivity contribution >= 4 is 17.2 Å². The monoisotopic (exact) mass is 407 g/mol. The summed E-state index contributed by atoms with van der Waals surface area (Å²) in [5.41, 5.74) is 2.81. The van der Waals surface area contributed by atoms with Crippen LogP contribution in [0.25, 0.3) is 11.2 Å². The second kappa shape index (κ2) is 8.05. The third kappa shape index (κ3) is 4.01. The van der Waals surface area contributed by atoms with E-state index < -0.39 is 0 Å². The van der Waals surface area contributed by atoms with Gasteiger partial charge in [0.15, 0.2) is 5.65 Å². The van der Waals surface area contributed by atoms with Crippen LogP contribution in [0.15, 0.2) is 42.6 Å². The van der Waals surface area contributed by atoms with E-state index in [9.17, 15) is 9.18 Å². The van der Waals surface area contributed by atoms with Crippen LogP contribution in [0.3, 0.4) is 0 Å². The molecule has 5 rings (SSSR count). The molecule has 2 fully saturated rings. The lowest BCUT2D eigenvalue weighted by molar-refractivity contribution is 0.159. The maximum Gasteiger partial charge on any atom is 0.317 e. The number of amides is 2. The molecule has 6 nitrogen and oxygen atoms in total. The number of halogens is 1. The number of pyridine rings is 1. The minimum atomic E-state index is -0.268. The average Bonchev–Trinajstić information content (AvgIpc) is 3.56. The van der Waals surface area contributed by atoms with E-state index in [1.54, 1.807) is 12.1 Å². The average molecular weight is 407 g/mol. The van der Waals surface area contributed by atoms with Crippen LogP contribution in [0.4, 0.5) is 9.18 Å². The smallest absolute Gasteiger partial charge is 0.317 e. The summed E-state index contributed by atoms with van der Waals surface area (Å²) in [6, 6.07) is 10.1. The molecule has 1 N–H and O–H groups in total. The van der Waals surface area contributed by atoms with Crippen molar-refractivity contribution in [2.45, 2.75) is 44.7 Å². The summed E-state index contributed by atoms with van der Waals surface area (Å²) in [5.74, 6) is 1.82. The van der Waals surface area contributed by atoms with Gasteiger partial charge in [0.05, 0.1) is 0 Å². The molecule has 7 heteroatoms. The van der Waals surface area contributed by atoms with Gasteiger partial charge in [0.25, 0.3) is 0 Å². The van der Waals surface area contributed by atoms with Gasteiger partial charge in [-0.1, -0.05) is 12.1 Å². The lowest BCUT2D eigenvalue weighted by Gasteiger charge is -2.33. The molecular weight excluding hydrogens is 381 g/mol. The van der Waals surface area contributed by atoms with Crippen molar-refractivity contribution in [3.63, 3.8) is 0 Å². The number of likely N-dealkylation sites (tertiary alicyclic amines) is 1. The van der Waals surface area contributed by atoms with Crippen molar-refractivity contribution in [3.8, 4) is 0 Å². The van der Waals surface area contributed by atoms with Crippen LogP contribution in [0, 0.1) is 11.7 Å². The zero-order valence-corrected chi connectivity index (χ0v) is 16.9. The second-order valence-corrected chi connectivity index (χ2v) is 8.44. The highest BCUT2D eigenvalue weighted by Gasteiger charge is 2.32. The first-order valence-corrected chi connectivity index (χ1v) is 10.8. The number of nitrogens with zero attached hydrogens (tertiary/aromatic N) is 4.